The van der Waals surface area contributed by atoms with E-state index in [0.29, 0.717) is 19.0 Å². The Morgan fingerprint density at radius 2 is 2.05 bits per heavy atom. The van der Waals surface area contributed by atoms with Crippen LogP contribution in [0.5, 0.6) is 0 Å². The van der Waals surface area contributed by atoms with Gasteiger partial charge in [-0.2, -0.15) is 0 Å². The summed E-state index contributed by atoms with van der Waals surface area (Å²) in [7, 11) is 0. The van der Waals surface area contributed by atoms with Crippen molar-refractivity contribution in [1.82, 2.24) is 4.90 Å². The minimum absolute atomic E-state index is 0.121. The smallest absolute Gasteiger partial charge is 0.224 e. The van der Waals surface area contributed by atoms with E-state index in [2.05, 4.69) is 22.3 Å². The molecule has 1 aromatic carbocycles. The molecule has 0 bridgehead atoms. The van der Waals surface area contributed by atoms with Crippen LogP contribution in [0.4, 0.5) is 5.69 Å². The van der Waals surface area contributed by atoms with Crippen molar-refractivity contribution in [2.24, 2.45) is 5.73 Å². The normalized spacial score (nSPS) is 21.0. The van der Waals surface area contributed by atoms with Gasteiger partial charge in [-0.1, -0.05) is 12.1 Å². The Morgan fingerprint density at radius 1 is 1.26 bits per heavy atom. The minimum atomic E-state index is 0.121. The molecular weight excluding hydrogens is 238 g/mol. The first-order valence-corrected chi connectivity index (χ1v) is 7.15. The quantitative estimate of drug-likeness (QED) is 0.868. The van der Waals surface area contributed by atoms with Crippen LogP contribution in [0.2, 0.25) is 0 Å². The highest BCUT2D eigenvalue weighted by Crippen LogP contribution is 2.29. The number of likely N-dealkylation sites (tertiary alicyclic amines) is 1. The van der Waals surface area contributed by atoms with Crippen LogP contribution in [0.25, 0.3) is 0 Å². The fourth-order valence-electron chi connectivity index (χ4n) is 3.16. The summed E-state index contributed by atoms with van der Waals surface area (Å²) in [5, 5.41) is 2.93. The van der Waals surface area contributed by atoms with Gasteiger partial charge in [-0.05, 0) is 49.5 Å². The lowest BCUT2D eigenvalue weighted by Crippen LogP contribution is -2.31. The first-order valence-electron chi connectivity index (χ1n) is 7.15. The Hall–Kier alpha value is -1.39. The van der Waals surface area contributed by atoms with Crippen LogP contribution in [0.15, 0.2) is 18.2 Å². The van der Waals surface area contributed by atoms with Crippen molar-refractivity contribution < 1.29 is 4.79 Å². The minimum Gasteiger partial charge on any atom is -0.329 e. The topological polar surface area (TPSA) is 58.4 Å². The number of rotatable bonds is 3. The van der Waals surface area contributed by atoms with Gasteiger partial charge in [-0.25, -0.2) is 0 Å². The van der Waals surface area contributed by atoms with E-state index in [1.165, 1.54) is 24.0 Å². The summed E-state index contributed by atoms with van der Waals surface area (Å²) in [6.07, 6.45) is 3.98. The Morgan fingerprint density at radius 3 is 2.79 bits per heavy atom. The number of carbonyl (C=O) groups excluding carboxylic acids is 1. The van der Waals surface area contributed by atoms with Crippen LogP contribution in [0.1, 0.15) is 36.4 Å². The Bertz CT molecular complexity index is 480. The van der Waals surface area contributed by atoms with Crippen molar-refractivity contribution in [3.8, 4) is 0 Å². The van der Waals surface area contributed by atoms with Crippen LogP contribution in [0.3, 0.4) is 0 Å². The van der Waals surface area contributed by atoms with E-state index < -0.39 is 0 Å². The van der Waals surface area contributed by atoms with Crippen molar-refractivity contribution in [2.45, 2.75) is 31.7 Å². The number of benzene rings is 1. The number of nitrogens with two attached hydrogens (primary N) is 1. The summed E-state index contributed by atoms with van der Waals surface area (Å²) >= 11 is 0. The average molecular weight is 259 g/mol. The molecule has 0 aromatic heterocycles. The van der Waals surface area contributed by atoms with E-state index >= 15 is 0 Å². The molecule has 4 heteroatoms. The number of aryl methyl sites for hydroxylation is 1. The fourth-order valence-corrected chi connectivity index (χ4v) is 3.16. The first kappa shape index (κ1) is 12.6. The summed E-state index contributed by atoms with van der Waals surface area (Å²) in [4.78, 5) is 13.8. The predicted octanol–water partition coefficient (Wildman–Crippen LogP) is 1.67. The molecule has 0 aliphatic carbocycles. The molecule has 1 unspecified atom stereocenters. The number of hydrogen-bond donors (Lipinski definition) is 2. The second-order valence-corrected chi connectivity index (χ2v) is 5.46. The summed E-state index contributed by atoms with van der Waals surface area (Å²) in [5.74, 6) is 0.121. The fraction of sp³-hybridized carbons (Fsp3) is 0.533. The molecule has 1 saturated heterocycles. The highest BCUT2D eigenvalue weighted by molar-refractivity contribution is 5.93. The van der Waals surface area contributed by atoms with Crippen molar-refractivity contribution >= 4 is 11.6 Å². The van der Waals surface area contributed by atoms with Crippen molar-refractivity contribution in [2.75, 3.05) is 25.0 Å². The zero-order valence-corrected chi connectivity index (χ0v) is 11.2. The molecule has 0 radical (unpaired) electrons. The van der Waals surface area contributed by atoms with Gasteiger partial charge in [-0.3, -0.25) is 9.69 Å². The van der Waals surface area contributed by atoms with Crippen molar-refractivity contribution in [3.63, 3.8) is 0 Å². The number of carbonyl (C=O) groups is 1. The van der Waals surface area contributed by atoms with E-state index in [1.807, 2.05) is 6.07 Å². The third-order valence-corrected chi connectivity index (χ3v) is 4.21. The van der Waals surface area contributed by atoms with Crippen LogP contribution in [-0.2, 0) is 11.2 Å². The largest absolute Gasteiger partial charge is 0.329 e. The Kier molecular flexibility index (Phi) is 3.53. The lowest BCUT2D eigenvalue weighted by Gasteiger charge is -2.28. The molecule has 2 aliphatic heterocycles. The highest BCUT2D eigenvalue weighted by atomic mass is 16.1. The highest BCUT2D eigenvalue weighted by Gasteiger charge is 2.23. The molecule has 1 aromatic rings. The van der Waals surface area contributed by atoms with Gasteiger partial charge in [0.25, 0.3) is 0 Å². The maximum atomic E-state index is 11.4. The van der Waals surface area contributed by atoms with Gasteiger partial charge >= 0.3 is 0 Å². The number of anilines is 1. The molecule has 1 atom stereocenters. The number of nitrogens with one attached hydrogen (secondary N) is 1. The second kappa shape index (κ2) is 5.31. The number of hydrogen-bond acceptors (Lipinski definition) is 3. The van der Waals surface area contributed by atoms with Gasteiger partial charge in [0.1, 0.15) is 0 Å². The molecule has 19 heavy (non-hydrogen) atoms. The molecular formula is C15H21N3O. The second-order valence-electron chi connectivity index (χ2n) is 5.46. The SMILES string of the molecule is NCC(c1ccc2c(c1)CCC(=O)N2)N1CCCC1. The lowest BCUT2D eigenvalue weighted by molar-refractivity contribution is -0.116. The third-order valence-electron chi connectivity index (χ3n) is 4.21. The van der Waals surface area contributed by atoms with Gasteiger partial charge in [0, 0.05) is 24.7 Å². The standard InChI is InChI=1S/C15H21N3O/c16-10-14(18-7-1-2-8-18)12-3-5-13-11(9-12)4-6-15(19)17-13/h3,5,9,14H,1-2,4,6-8,10,16H2,(H,17,19). The van der Waals surface area contributed by atoms with E-state index in [0.717, 1.165) is 25.2 Å². The number of fused-ring (bicyclic) bond motifs is 1. The Balaban J connectivity index is 1.85. The van der Waals surface area contributed by atoms with Gasteiger partial charge in [0.15, 0.2) is 0 Å². The molecule has 102 valence electrons. The maximum Gasteiger partial charge on any atom is 0.224 e. The zero-order chi connectivity index (χ0) is 13.2. The molecule has 3 N–H and O–H groups in total. The maximum absolute atomic E-state index is 11.4. The molecule has 2 aliphatic rings. The van der Waals surface area contributed by atoms with Crippen LogP contribution in [-0.4, -0.2) is 30.4 Å². The molecule has 1 fully saturated rings. The van der Waals surface area contributed by atoms with Crippen LogP contribution in [0, 0.1) is 0 Å². The summed E-state index contributed by atoms with van der Waals surface area (Å²) < 4.78 is 0. The van der Waals surface area contributed by atoms with Gasteiger partial charge in [0.05, 0.1) is 0 Å². The summed E-state index contributed by atoms with van der Waals surface area (Å²) in [6.45, 7) is 2.95. The average Bonchev–Trinajstić information content (AvgIpc) is 2.93. The molecule has 1 amide bonds. The van der Waals surface area contributed by atoms with Gasteiger partial charge in [-0.15, -0.1) is 0 Å². The summed E-state index contributed by atoms with van der Waals surface area (Å²) in [6, 6.07) is 6.69. The van der Waals surface area contributed by atoms with Crippen molar-refractivity contribution in [1.29, 1.82) is 0 Å². The van der Waals surface area contributed by atoms with Gasteiger partial charge < -0.3 is 11.1 Å². The van der Waals surface area contributed by atoms with Crippen molar-refractivity contribution in [3.05, 3.63) is 29.3 Å². The van der Waals surface area contributed by atoms with E-state index in [1.54, 1.807) is 0 Å². The number of amides is 1. The monoisotopic (exact) mass is 259 g/mol. The van der Waals surface area contributed by atoms with E-state index in [4.69, 9.17) is 5.73 Å². The zero-order valence-electron chi connectivity index (χ0n) is 11.2. The van der Waals surface area contributed by atoms with Crippen LogP contribution >= 0.6 is 0 Å². The molecule has 3 rings (SSSR count). The van der Waals surface area contributed by atoms with E-state index in [9.17, 15) is 4.79 Å². The molecule has 0 saturated carbocycles. The predicted molar refractivity (Wildman–Crippen MR) is 76.0 cm³/mol. The Labute approximate surface area is 114 Å². The van der Waals surface area contributed by atoms with Crippen LogP contribution < -0.4 is 11.1 Å². The third kappa shape index (κ3) is 2.51. The van der Waals surface area contributed by atoms with Gasteiger partial charge in [0.2, 0.25) is 5.91 Å². The molecule has 4 nitrogen and oxygen atoms in total. The summed E-state index contributed by atoms with van der Waals surface area (Å²) in [5.41, 5.74) is 9.48. The van der Waals surface area contributed by atoms with E-state index in [-0.39, 0.29) is 5.91 Å². The molecule has 0 spiro atoms. The first-order chi connectivity index (χ1) is 9.28. The molecule has 2 heterocycles. The number of nitrogens with zero attached hydrogens (tertiary/aromatic N) is 1. The lowest BCUT2D eigenvalue weighted by atomic mass is 9.96.